The second-order valence-corrected chi connectivity index (χ2v) is 7.47. The number of rotatable bonds is 3. The lowest BCUT2D eigenvalue weighted by Gasteiger charge is -2.39. The van der Waals surface area contributed by atoms with Crippen molar-refractivity contribution in [2.45, 2.75) is 50.9 Å². The van der Waals surface area contributed by atoms with E-state index in [-0.39, 0.29) is 11.7 Å². The quantitative estimate of drug-likeness (QED) is 0.836. The van der Waals surface area contributed by atoms with E-state index in [4.69, 9.17) is 18.7 Å². The van der Waals surface area contributed by atoms with Crippen LogP contribution in [0.25, 0.3) is 0 Å². The second kappa shape index (κ2) is 6.25. The van der Waals surface area contributed by atoms with Crippen molar-refractivity contribution in [3.8, 4) is 11.5 Å². The summed E-state index contributed by atoms with van der Waals surface area (Å²) in [5.74, 6) is 2.99. The van der Waals surface area contributed by atoms with Crippen molar-refractivity contribution in [2.75, 3.05) is 19.9 Å². The van der Waals surface area contributed by atoms with Gasteiger partial charge in [-0.1, -0.05) is 11.2 Å². The van der Waals surface area contributed by atoms with Gasteiger partial charge < -0.3 is 18.7 Å². The SMILES string of the molecule is Cc1noc(C2CCC3(CCN(Cc4ccc5c(c4)OCO5)CC3)O2)n1. The molecule has 0 radical (unpaired) electrons. The van der Waals surface area contributed by atoms with E-state index in [9.17, 15) is 0 Å². The van der Waals surface area contributed by atoms with Gasteiger partial charge in [0.1, 0.15) is 6.10 Å². The number of fused-ring (bicyclic) bond motifs is 1. The molecule has 7 nitrogen and oxygen atoms in total. The summed E-state index contributed by atoms with van der Waals surface area (Å²) in [6.07, 6.45) is 4.07. The Kier molecular flexibility index (Phi) is 3.86. The first kappa shape index (κ1) is 16.1. The van der Waals surface area contributed by atoms with E-state index in [0.29, 0.717) is 18.5 Å². The van der Waals surface area contributed by atoms with Crippen LogP contribution in [-0.4, -0.2) is 40.5 Å². The molecule has 3 aliphatic rings. The molecule has 0 saturated carbocycles. The van der Waals surface area contributed by atoms with Crippen LogP contribution in [0.1, 0.15) is 49.1 Å². The van der Waals surface area contributed by atoms with Crippen LogP contribution in [0.3, 0.4) is 0 Å². The van der Waals surface area contributed by atoms with Crippen molar-refractivity contribution in [1.82, 2.24) is 15.0 Å². The maximum atomic E-state index is 6.39. The second-order valence-electron chi connectivity index (χ2n) is 7.47. The summed E-state index contributed by atoms with van der Waals surface area (Å²) >= 11 is 0. The summed E-state index contributed by atoms with van der Waals surface area (Å²) in [4.78, 5) is 6.82. The van der Waals surface area contributed by atoms with Gasteiger partial charge in [-0.3, -0.25) is 4.90 Å². The van der Waals surface area contributed by atoms with E-state index in [0.717, 1.165) is 56.8 Å². The number of piperidine rings is 1. The summed E-state index contributed by atoms with van der Waals surface area (Å²) in [6, 6.07) is 6.21. The van der Waals surface area contributed by atoms with Crippen LogP contribution >= 0.6 is 0 Å². The minimum Gasteiger partial charge on any atom is -0.454 e. The zero-order chi connectivity index (χ0) is 17.6. The van der Waals surface area contributed by atoms with Crippen LogP contribution in [0.4, 0.5) is 0 Å². The Morgan fingerprint density at radius 1 is 1.15 bits per heavy atom. The van der Waals surface area contributed by atoms with E-state index >= 15 is 0 Å². The lowest BCUT2D eigenvalue weighted by atomic mass is 9.88. The molecule has 2 saturated heterocycles. The molecule has 26 heavy (non-hydrogen) atoms. The minimum absolute atomic E-state index is 0.0293. The molecule has 0 amide bonds. The first-order valence-corrected chi connectivity index (χ1v) is 9.28. The van der Waals surface area contributed by atoms with Crippen molar-refractivity contribution >= 4 is 0 Å². The highest BCUT2D eigenvalue weighted by Gasteiger charge is 2.44. The summed E-state index contributed by atoms with van der Waals surface area (Å²) in [6.45, 7) is 5.16. The van der Waals surface area contributed by atoms with Gasteiger partial charge in [0.25, 0.3) is 5.89 Å². The minimum atomic E-state index is -0.0448. The number of aryl methyl sites for hydroxylation is 1. The molecular formula is C19H23N3O4. The molecular weight excluding hydrogens is 334 g/mol. The summed E-state index contributed by atoms with van der Waals surface area (Å²) in [7, 11) is 0. The van der Waals surface area contributed by atoms with Crippen molar-refractivity contribution in [3.63, 3.8) is 0 Å². The molecule has 2 fully saturated rings. The van der Waals surface area contributed by atoms with E-state index in [2.05, 4.69) is 27.2 Å². The zero-order valence-corrected chi connectivity index (χ0v) is 14.9. The molecule has 1 atom stereocenters. The normalized spacial score (nSPS) is 24.4. The summed E-state index contributed by atoms with van der Waals surface area (Å²) in [5, 5.41) is 3.88. The molecule has 2 aromatic rings. The summed E-state index contributed by atoms with van der Waals surface area (Å²) in [5.41, 5.74) is 1.23. The number of nitrogens with zero attached hydrogens (tertiary/aromatic N) is 3. The molecule has 138 valence electrons. The molecule has 1 spiro atoms. The lowest BCUT2D eigenvalue weighted by molar-refractivity contribution is -0.0869. The molecule has 7 heteroatoms. The Morgan fingerprint density at radius 3 is 2.81 bits per heavy atom. The molecule has 1 unspecified atom stereocenters. The van der Waals surface area contributed by atoms with Gasteiger partial charge in [-0.2, -0.15) is 4.98 Å². The Labute approximate surface area is 152 Å². The number of hydrogen-bond donors (Lipinski definition) is 0. The van der Waals surface area contributed by atoms with Gasteiger partial charge in [-0.05, 0) is 50.3 Å². The van der Waals surface area contributed by atoms with Crippen LogP contribution < -0.4 is 9.47 Å². The predicted octanol–water partition coefficient (Wildman–Crippen LogP) is 2.99. The van der Waals surface area contributed by atoms with Gasteiger partial charge in [0.2, 0.25) is 6.79 Å². The van der Waals surface area contributed by atoms with Crippen LogP contribution in [0.5, 0.6) is 11.5 Å². The highest BCUT2D eigenvalue weighted by atomic mass is 16.7. The van der Waals surface area contributed by atoms with Crippen molar-refractivity contribution in [2.24, 2.45) is 0 Å². The average molecular weight is 357 g/mol. The monoisotopic (exact) mass is 357 g/mol. The first-order valence-electron chi connectivity index (χ1n) is 9.28. The Bertz CT molecular complexity index is 798. The molecule has 4 heterocycles. The fourth-order valence-electron chi connectivity index (χ4n) is 4.22. The Hall–Kier alpha value is -2.12. The standard InChI is InChI=1S/C19H23N3O4/c1-13-20-18(26-21-13)16-4-5-19(25-16)6-8-22(9-7-19)11-14-2-3-15-17(10-14)24-12-23-15/h2-3,10,16H,4-9,11-12H2,1H3. The van der Waals surface area contributed by atoms with E-state index in [1.165, 1.54) is 5.56 Å². The number of likely N-dealkylation sites (tertiary alicyclic amines) is 1. The first-order chi connectivity index (χ1) is 12.7. The maximum absolute atomic E-state index is 6.39. The van der Waals surface area contributed by atoms with Gasteiger partial charge >= 0.3 is 0 Å². The van der Waals surface area contributed by atoms with Gasteiger partial charge in [0.05, 0.1) is 5.60 Å². The molecule has 1 aromatic carbocycles. The highest BCUT2D eigenvalue weighted by Crippen LogP contribution is 2.44. The number of aromatic nitrogens is 2. The van der Waals surface area contributed by atoms with Crippen LogP contribution in [0, 0.1) is 6.92 Å². The smallest absolute Gasteiger partial charge is 0.255 e. The molecule has 0 bridgehead atoms. The van der Waals surface area contributed by atoms with E-state index in [1.807, 2.05) is 13.0 Å². The zero-order valence-electron chi connectivity index (χ0n) is 14.9. The number of hydrogen-bond acceptors (Lipinski definition) is 7. The third-order valence-electron chi connectivity index (χ3n) is 5.68. The van der Waals surface area contributed by atoms with Gasteiger partial charge in [0.15, 0.2) is 17.3 Å². The lowest BCUT2D eigenvalue weighted by Crippen LogP contribution is -2.43. The van der Waals surface area contributed by atoms with Crippen LogP contribution in [0.15, 0.2) is 22.7 Å². The van der Waals surface area contributed by atoms with Crippen LogP contribution in [-0.2, 0) is 11.3 Å². The van der Waals surface area contributed by atoms with E-state index < -0.39 is 0 Å². The van der Waals surface area contributed by atoms with E-state index in [1.54, 1.807) is 0 Å². The fraction of sp³-hybridized carbons (Fsp3) is 0.579. The topological polar surface area (TPSA) is 69.9 Å². The number of benzene rings is 1. The molecule has 3 aliphatic heterocycles. The third kappa shape index (κ3) is 2.95. The molecule has 0 N–H and O–H groups in total. The van der Waals surface area contributed by atoms with Crippen molar-refractivity contribution < 1.29 is 18.7 Å². The van der Waals surface area contributed by atoms with Crippen LogP contribution in [0.2, 0.25) is 0 Å². The van der Waals surface area contributed by atoms with Gasteiger partial charge in [0, 0.05) is 19.6 Å². The predicted molar refractivity (Wildman–Crippen MR) is 91.9 cm³/mol. The van der Waals surface area contributed by atoms with Gasteiger partial charge in [-0.25, -0.2) is 0 Å². The summed E-state index contributed by atoms with van der Waals surface area (Å²) < 4.78 is 22.6. The number of ether oxygens (including phenoxy) is 3. The van der Waals surface area contributed by atoms with Crippen molar-refractivity contribution in [3.05, 3.63) is 35.5 Å². The maximum Gasteiger partial charge on any atom is 0.255 e. The van der Waals surface area contributed by atoms with Gasteiger partial charge in [-0.15, -0.1) is 0 Å². The average Bonchev–Trinajstić information content (AvgIpc) is 3.37. The van der Waals surface area contributed by atoms with Crippen molar-refractivity contribution in [1.29, 1.82) is 0 Å². The molecule has 5 rings (SSSR count). The Balaban J connectivity index is 1.19. The Morgan fingerprint density at radius 2 is 2.00 bits per heavy atom. The fourth-order valence-corrected chi connectivity index (χ4v) is 4.22. The highest BCUT2D eigenvalue weighted by molar-refractivity contribution is 5.44. The largest absolute Gasteiger partial charge is 0.454 e. The third-order valence-corrected chi connectivity index (χ3v) is 5.68. The molecule has 1 aromatic heterocycles. The molecule has 0 aliphatic carbocycles.